The molecule has 3 rings (SSSR count). The van der Waals surface area contributed by atoms with E-state index >= 15 is 0 Å². The van der Waals surface area contributed by atoms with E-state index < -0.39 is 0 Å². The van der Waals surface area contributed by atoms with Crippen LogP contribution in [-0.4, -0.2) is 43.0 Å². The van der Waals surface area contributed by atoms with E-state index in [0.29, 0.717) is 23.9 Å². The first-order valence-electron chi connectivity index (χ1n) is 9.63. The predicted molar refractivity (Wildman–Crippen MR) is 114 cm³/mol. The lowest BCUT2D eigenvalue weighted by Crippen LogP contribution is -2.32. The molecule has 0 atom stereocenters. The van der Waals surface area contributed by atoms with Crippen LogP contribution in [0.15, 0.2) is 54.6 Å². The Morgan fingerprint density at radius 1 is 0.900 bits per heavy atom. The highest BCUT2D eigenvalue weighted by atomic mass is 16.5. The largest absolute Gasteiger partial charge is 0.493 e. The number of amides is 1. The maximum Gasteiger partial charge on any atom is 0.258 e. The van der Waals surface area contributed by atoms with E-state index in [1.54, 1.807) is 19.2 Å². The number of carbonyl (C=O) groups excluding carboxylic acids is 1. The van der Waals surface area contributed by atoms with Crippen molar-refractivity contribution in [1.82, 2.24) is 15.5 Å². The molecule has 0 bridgehead atoms. The smallest absolute Gasteiger partial charge is 0.258 e. The van der Waals surface area contributed by atoms with Gasteiger partial charge in [0, 0.05) is 11.6 Å². The molecule has 7 nitrogen and oxygen atoms in total. The molecule has 2 aromatic carbocycles. The van der Waals surface area contributed by atoms with Crippen LogP contribution in [0, 0.1) is 13.8 Å². The van der Waals surface area contributed by atoms with Gasteiger partial charge in [-0.1, -0.05) is 35.9 Å². The summed E-state index contributed by atoms with van der Waals surface area (Å²) in [5.74, 6) is 1.28. The van der Waals surface area contributed by atoms with Crippen LogP contribution in [0.25, 0.3) is 11.3 Å². The third-order valence-electron chi connectivity index (χ3n) is 4.34. The van der Waals surface area contributed by atoms with Gasteiger partial charge in [0.25, 0.3) is 5.91 Å². The average Bonchev–Trinajstić information content (AvgIpc) is 2.77. The maximum atomic E-state index is 12.0. The Kier molecular flexibility index (Phi) is 7.21. The zero-order valence-corrected chi connectivity index (χ0v) is 17.3. The third kappa shape index (κ3) is 5.94. The number of aryl methyl sites for hydroxylation is 2. The summed E-state index contributed by atoms with van der Waals surface area (Å²) in [6.07, 6.45) is 0. The SMILES string of the molecule is COc1cc(C)ccc1OCC(=O)NCCOc1ccc(-c2ccc(C)cc2)nn1. The number of nitrogens with zero attached hydrogens (tertiary/aromatic N) is 2. The number of nitrogens with one attached hydrogen (secondary N) is 1. The van der Waals surface area contributed by atoms with Gasteiger partial charge in [0.05, 0.1) is 19.3 Å². The summed E-state index contributed by atoms with van der Waals surface area (Å²) in [6, 6.07) is 17.2. The Balaban J connectivity index is 1.39. The van der Waals surface area contributed by atoms with Crippen molar-refractivity contribution in [1.29, 1.82) is 0 Å². The Hall–Kier alpha value is -3.61. The van der Waals surface area contributed by atoms with Crippen molar-refractivity contribution >= 4 is 5.91 Å². The standard InChI is InChI=1S/C23H25N3O4/c1-16-4-7-18(8-5-16)19-9-11-23(26-25-19)29-13-12-24-22(27)15-30-20-10-6-17(2)14-21(20)28-3/h4-11,14H,12-13,15H2,1-3H3,(H,24,27). The molecule has 7 heteroatoms. The van der Waals surface area contributed by atoms with Gasteiger partial charge in [-0.3, -0.25) is 4.79 Å². The zero-order chi connectivity index (χ0) is 21.3. The molecule has 1 heterocycles. The first kappa shape index (κ1) is 21.1. The van der Waals surface area contributed by atoms with Gasteiger partial charge >= 0.3 is 0 Å². The molecule has 30 heavy (non-hydrogen) atoms. The van der Waals surface area contributed by atoms with Crippen LogP contribution in [0.5, 0.6) is 17.4 Å². The fourth-order valence-electron chi connectivity index (χ4n) is 2.71. The second kappa shape index (κ2) is 10.2. The van der Waals surface area contributed by atoms with Crippen molar-refractivity contribution in [3.05, 3.63) is 65.7 Å². The van der Waals surface area contributed by atoms with Crippen molar-refractivity contribution in [3.8, 4) is 28.6 Å². The van der Waals surface area contributed by atoms with E-state index in [9.17, 15) is 4.79 Å². The van der Waals surface area contributed by atoms with Gasteiger partial charge in [0.1, 0.15) is 6.61 Å². The molecule has 0 unspecified atom stereocenters. The van der Waals surface area contributed by atoms with Crippen LogP contribution < -0.4 is 19.5 Å². The first-order chi connectivity index (χ1) is 14.5. The van der Waals surface area contributed by atoms with E-state index in [1.807, 2.05) is 56.3 Å². The second-order valence-electron chi connectivity index (χ2n) is 6.76. The molecule has 0 saturated heterocycles. The molecule has 1 aromatic heterocycles. The minimum absolute atomic E-state index is 0.107. The Bertz CT molecular complexity index is 973. The molecule has 1 amide bonds. The summed E-state index contributed by atoms with van der Waals surface area (Å²) in [7, 11) is 1.56. The molecule has 0 aliphatic rings. The van der Waals surface area contributed by atoms with Gasteiger partial charge < -0.3 is 19.5 Å². The quantitative estimate of drug-likeness (QED) is 0.548. The van der Waals surface area contributed by atoms with Crippen molar-refractivity contribution < 1.29 is 19.0 Å². The van der Waals surface area contributed by atoms with Gasteiger partial charge in [-0.15, -0.1) is 10.2 Å². The molecule has 0 fully saturated rings. The Labute approximate surface area is 176 Å². The number of benzene rings is 2. The molecular formula is C23H25N3O4. The third-order valence-corrected chi connectivity index (χ3v) is 4.34. The van der Waals surface area contributed by atoms with E-state index in [-0.39, 0.29) is 19.1 Å². The lowest BCUT2D eigenvalue weighted by atomic mass is 10.1. The highest BCUT2D eigenvalue weighted by molar-refractivity contribution is 5.77. The second-order valence-corrected chi connectivity index (χ2v) is 6.76. The summed E-state index contributed by atoms with van der Waals surface area (Å²) < 4.78 is 16.3. The van der Waals surface area contributed by atoms with Crippen LogP contribution >= 0.6 is 0 Å². The zero-order valence-electron chi connectivity index (χ0n) is 17.3. The van der Waals surface area contributed by atoms with Crippen molar-refractivity contribution in [3.63, 3.8) is 0 Å². The lowest BCUT2D eigenvalue weighted by molar-refractivity contribution is -0.123. The normalized spacial score (nSPS) is 10.4. The van der Waals surface area contributed by atoms with E-state index in [2.05, 4.69) is 15.5 Å². The topological polar surface area (TPSA) is 82.6 Å². The number of carbonyl (C=O) groups is 1. The summed E-state index contributed by atoms with van der Waals surface area (Å²) in [5.41, 5.74) is 4.02. The molecular weight excluding hydrogens is 382 g/mol. The van der Waals surface area contributed by atoms with Gasteiger partial charge in [-0.05, 0) is 37.6 Å². The summed E-state index contributed by atoms with van der Waals surface area (Å²) >= 11 is 0. The molecule has 0 radical (unpaired) electrons. The first-order valence-corrected chi connectivity index (χ1v) is 9.63. The minimum Gasteiger partial charge on any atom is -0.493 e. The highest BCUT2D eigenvalue weighted by Gasteiger charge is 2.08. The summed E-state index contributed by atoms with van der Waals surface area (Å²) in [6.45, 7) is 4.49. The monoisotopic (exact) mass is 407 g/mol. The van der Waals surface area contributed by atoms with Crippen LogP contribution in [0.4, 0.5) is 0 Å². The van der Waals surface area contributed by atoms with E-state index in [4.69, 9.17) is 14.2 Å². The van der Waals surface area contributed by atoms with Crippen molar-refractivity contribution in [2.75, 3.05) is 26.9 Å². The van der Waals surface area contributed by atoms with Crippen LogP contribution in [-0.2, 0) is 4.79 Å². The summed E-state index contributed by atoms with van der Waals surface area (Å²) in [4.78, 5) is 12.0. The Morgan fingerprint density at radius 3 is 2.37 bits per heavy atom. The van der Waals surface area contributed by atoms with Gasteiger partial charge in [0.2, 0.25) is 5.88 Å². The number of methoxy groups -OCH3 is 1. The number of ether oxygens (including phenoxy) is 3. The number of hydrogen-bond acceptors (Lipinski definition) is 6. The maximum absolute atomic E-state index is 12.0. The van der Waals surface area contributed by atoms with Crippen molar-refractivity contribution in [2.24, 2.45) is 0 Å². The molecule has 156 valence electrons. The fraction of sp³-hybridized carbons (Fsp3) is 0.261. The van der Waals surface area contributed by atoms with Crippen LogP contribution in [0.1, 0.15) is 11.1 Å². The Morgan fingerprint density at radius 2 is 1.67 bits per heavy atom. The number of hydrogen-bond donors (Lipinski definition) is 1. The van der Waals surface area contributed by atoms with Crippen LogP contribution in [0.3, 0.4) is 0 Å². The van der Waals surface area contributed by atoms with Crippen molar-refractivity contribution in [2.45, 2.75) is 13.8 Å². The molecule has 0 aliphatic heterocycles. The number of aromatic nitrogens is 2. The van der Waals surface area contributed by atoms with Gasteiger partial charge in [-0.2, -0.15) is 0 Å². The minimum atomic E-state index is -0.248. The number of rotatable bonds is 9. The predicted octanol–water partition coefficient (Wildman–Crippen LogP) is 3.34. The van der Waals surface area contributed by atoms with Crippen LogP contribution in [0.2, 0.25) is 0 Å². The van der Waals surface area contributed by atoms with E-state index in [1.165, 1.54) is 5.56 Å². The summed E-state index contributed by atoms with van der Waals surface area (Å²) in [5, 5.41) is 11.0. The molecule has 1 N–H and O–H groups in total. The fourth-order valence-corrected chi connectivity index (χ4v) is 2.71. The average molecular weight is 407 g/mol. The molecule has 3 aromatic rings. The highest BCUT2D eigenvalue weighted by Crippen LogP contribution is 2.27. The molecule has 0 saturated carbocycles. The molecule has 0 aliphatic carbocycles. The van der Waals surface area contributed by atoms with Gasteiger partial charge in [-0.25, -0.2) is 0 Å². The lowest BCUT2D eigenvalue weighted by Gasteiger charge is -2.11. The molecule has 0 spiro atoms. The van der Waals surface area contributed by atoms with Gasteiger partial charge in [0.15, 0.2) is 18.1 Å². The van der Waals surface area contributed by atoms with E-state index in [0.717, 1.165) is 16.8 Å².